The number of benzene rings is 1. The lowest BCUT2D eigenvalue weighted by molar-refractivity contribution is -0.152. The van der Waals surface area contributed by atoms with Gasteiger partial charge in [-0.3, -0.25) is 9.78 Å². The van der Waals surface area contributed by atoms with Crippen LogP contribution in [0.15, 0.2) is 42.6 Å². The van der Waals surface area contributed by atoms with Gasteiger partial charge in [0.05, 0.1) is 17.0 Å². The van der Waals surface area contributed by atoms with Crippen molar-refractivity contribution in [1.29, 1.82) is 0 Å². The van der Waals surface area contributed by atoms with Gasteiger partial charge in [-0.2, -0.15) is 13.2 Å². The fourth-order valence-electron chi connectivity index (χ4n) is 2.68. The minimum Gasteiger partial charge on any atom is -0.478 e. The average Bonchev–Trinajstić information content (AvgIpc) is 3.14. The van der Waals surface area contributed by atoms with Crippen molar-refractivity contribution >= 4 is 23.2 Å². The number of aromatic nitrogens is 2. The van der Waals surface area contributed by atoms with E-state index in [1.165, 1.54) is 19.9 Å². The number of hydrogen-bond acceptors (Lipinski definition) is 6. The number of carboxylic acids is 1. The number of alkyl halides is 3. The van der Waals surface area contributed by atoms with Gasteiger partial charge in [0.25, 0.3) is 5.91 Å². The highest BCUT2D eigenvalue weighted by molar-refractivity contribution is 7.17. The average molecular weight is 479 g/mol. The van der Waals surface area contributed by atoms with E-state index in [1.54, 1.807) is 31.2 Å². The van der Waals surface area contributed by atoms with Crippen LogP contribution < -0.4 is 10.1 Å². The first kappa shape index (κ1) is 24.2. The van der Waals surface area contributed by atoms with Crippen molar-refractivity contribution in [2.75, 3.05) is 0 Å². The topological polar surface area (TPSA) is 101 Å². The number of pyridine rings is 1. The summed E-state index contributed by atoms with van der Waals surface area (Å²) in [5, 5.41) is 12.2. The largest absolute Gasteiger partial charge is 0.478 e. The maximum Gasteiger partial charge on any atom is 0.417 e. The molecule has 33 heavy (non-hydrogen) atoms. The van der Waals surface area contributed by atoms with Gasteiger partial charge >= 0.3 is 12.1 Å². The van der Waals surface area contributed by atoms with Gasteiger partial charge in [-0.25, -0.2) is 9.78 Å². The molecular formula is C22H20F3N3O4S. The summed E-state index contributed by atoms with van der Waals surface area (Å²) in [6, 6.07) is 8.76. The van der Waals surface area contributed by atoms with E-state index < -0.39 is 23.3 Å². The Kier molecular flexibility index (Phi) is 6.73. The molecule has 174 valence electrons. The fourth-order valence-corrected chi connectivity index (χ4v) is 3.64. The fraction of sp³-hybridized carbons (Fsp3) is 0.273. The molecule has 2 heterocycles. The lowest BCUT2D eigenvalue weighted by atomic mass is 10.1. The van der Waals surface area contributed by atoms with E-state index in [1.807, 2.05) is 0 Å². The number of thiazole rings is 1. The molecule has 0 atom stereocenters. The zero-order valence-electron chi connectivity index (χ0n) is 17.9. The van der Waals surface area contributed by atoms with Crippen LogP contribution >= 0.6 is 11.3 Å². The number of nitrogens with one attached hydrogen (secondary N) is 1. The number of ether oxygens (including phenoxy) is 1. The standard InChI is InChI=1S/C22H20F3N3O4S/c1-12-17(33-19(28-12)16-9-6-14(11-26-16)22(23,24)25)18(29)27-10-13-4-7-15(8-5-13)32-21(2,3)20(30)31/h4-9,11H,10H2,1-3H3,(H,27,29)(H,30,31). The normalized spacial score (nSPS) is 11.8. The predicted molar refractivity (Wildman–Crippen MR) is 115 cm³/mol. The molecule has 0 bridgehead atoms. The Labute approximate surface area is 191 Å². The van der Waals surface area contributed by atoms with Crippen LogP contribution in [-0.2, 0) is 17.5 Å². The zero-order chi connectivity index (χ0) is 24.4. The summed E-state index contributed by atoms with van der Waals surface area (Å²) in [6.45, 7) is 4.71. The lowest BCUT2D eigenvalue weighted by Gasteiger charge is -2.21. The van der Waals surface area contributed by atoms with Gasteiger partial charge in [0.15, 0.2) is 5.60 Å². The van der Waals surface area contributed by atoms with Crippen LogP contribution in [0.25, 0.3) is 10.7 Å². The molecule has 3 aromatic rings. The molecule has 1 aromatic carbocycles. The van der Waals surface area contributed by atoms with Gasteiger partial charge in [-0.15, -0.1) is 11.3 Å². The van der Waals surface area contributed by atoms with E-state index in [4.69, 9.17) is 9.84 Å². The number of nitrogens with zero attached hydrogens (tertiary/aromatic N) is 2. The highest BCUT2D eigenvalue weighted by Crippen LogP contribution is 2.31. The van der Waals surface area contributed by atoms with Crippen LogP contribution in [0.2, 0.25) is 0 Å². The molecular weight excluding hydrogens is 459 g/mol. The molecule has 0 aliphatic rings. The van der Waals surface area contributed by atoms with Crippen molar-refractivity contribution in [3.05, 3.63) is 64.3 Å². The Morgan fingerprint density at radius 2 is 1.79 bits per heavy atom. The summed E-state index contributed by atoms with van der Waals surface area (Å²) >= 11 is 1.04. The molecule has 0 aliphatic heterocycles. The third-order valence-electron chi connectivity index (χ3n) is 4.58. The summed E-state index contributed by atoms with van der Waals surface area (Å²) < 4.78 is 43.6. The van der Waals surface area contributed by atoms with Gasteiger partial charge < -0.3 is 15.2 Å². The van der Waals surface area contributed by atoms with Gasteiger partial charge in [0, 0.05) is 12.7 Å². The maximum atomic E-state index is 12.7. The van der Waals surface area contributed by atoms with Crippen LogP contribution in [0.1, 0.15) is 40.3 Å². The summed E-state index contributed by atoms with van der Waals surface area (Å²) in [4.78, 5) is 32.2. The highest BCUT2D eigenvalue weighted by atomic mass is 32.1. The number of hydrogen-bond donors (Lipinski definition) is 2. The molecule has 0 fully saturated rings. The molecule has 11 heteroatoms. The van der Waals surface area contributed by atoms with E-state index in [0.717, 1.165) is 29.2 Å². The number of aliphatic carboxylic acids is 1. The summed E-state index contributed by atoms with van der Waals surface area (Å²) in [5.41, 5.74) is -0.793. The Bertz CT molecular complexity index is 1160. The molecule has 7 nitrogen and oxygen atoms in total. The summed E-state index contributed by atoms with van der Waals surface area (Å²) in [6.07, 6.45) is -3.75. The molecule has 0 saturated heterocycles. The number of carboxylic acid groups (broad SMARTS) is 1. The monoisotopic (exact) mass is 479 g/mol. The molecule has 0 aliphatic carbocycles. The number of carbonyl (C=O) groups is 2. The van der Waals surface area contributed by atoms with E-state index in [0.29, 0.717) is 21.3 Å². The smallest absolute Gasteiger partial charge is 0.417 e. The van der Waals surface area contributed by atoms with Crippen molar-refractivity contribution in [3.8, 4) is 16.5 Å². The first-order chi connectivity index (χ1) is 15.4. The minimum absolute atomic E-state index is 0.201. The second kappa shape index (κ2) is 9.18. The molecule has 0 unspecified atom stereocenters. The van der Waals surface area contributed by atoms with Crippen molar-refractivity contribution < 1.29 is 32.6 Å². The SMILES string of the molecule is Cc1nc(-c2ccc(C(F)(F)F)cn2)sc1C(=O)NCc1ccc(OC(C)(C)C(=O)O)cc1. The quantitative estimate of drug-likeness (QED) is 0.509. The number of rotatable bonds is 7. The first-order valence-electron chi connectivity index (χ1n) is 9.67. The first-order valence-corrected chi connectivity index (χ1v) is 10.5. The van der Waals surface area contributed by atoms with Crippen molar-refractivity contribution in [1.82, 2.24) is 15.3 Å². The number of carbonyl (C=O) groups excluding carboxylic acids is 1. The van der Waals surface area contributed by atoms with Gasteiger partial charge in [0.1, 0.15) is 15.6 Å². The highest BCUT2D eigenvalue weighted by Gasteiger charge is 2.31. The van der Waals surface area contributed by atoms with Gasteiger partial charge in [-0.1, -0.05) is 12.1 Å². The van der Waals surface area contributed by atoms with Crippen LogP contribution in [-0.4, -0.2) is 32.6 Å². The van der Waals surface area contributed by atoms with Gasteiger partial charge in [-0.05, 0) is 50.6 Å². The van der Waals surface area contributed by atoms with Crippen molar-refractivity contribution in [2.45, 2.75) is 39.1 Å². The van der Waals surface area contributed by atoms with Crippen molar-refractivity contribution in [2.24, 2.45) is 0 Å². The van der Waals surface area contributed by atoms with Crippen LogP contribution in [0.5, 0.6) is 5.75 Å². The molecule has 0 radical (unpaired) electrons. The Morgan fingerprint density at radius 3 is 2.33 bits per heavy atom. The molecule has 0 saturated carbocycles. The van der Waals surface area contributed by atoms with E-state index in [2.05, 4.69) is 15.3 Å². The molecule has 2 aromatic heterocycles. The van der Waals surface area contributed by atoms with Crippen molar-refractivity contribution in [3.63, 3.8) is 0 Å². The van der Waals surface area contributed by atoms with E-state index in [9.17, 15) is 22.8 Å². The number of amides is 1. The molecule has 0 spiro atoms. The third kappa shape index (κ3) is 5.86. The van der Waals surface area contributed by atoms with E-state index in [-0.39, 0.29) is 18.1 Å². The maximum absolute atomic E-state index is 12.7. The Balaban J connectivity index is 1.64. The second-order valence-electron chi connectivity index (χ2n) is 7.61. The Morgan fingerprint density at radius 1 is 1.12 bits per heavy atom. The predicted octanol–water partition coefficient (Wildman–Crippen LogP) is 4.70. The Hall–Kier alpha value is -3.47. The molecule has 1 amide bonds. The van der Waals surface area contributed by atoms with Crippen LogP contribution in [0.3, 0.4) is 0 Å². The van der Waals surface area contributed by atoms with Crippen LogP contribution in [0.4, 0.5) is 13.2 Å². The number of halogens is 3. The van der Waals surface area contributed by atoms with Crippen LogP contribution in [0, 0.1) is 6.92 Å². The van der Waals surface area contributed by atoms with E-state index >= 15 is 0 Å². The minimum atomic E-state index is -4.48. The summed E-state index contributed by atoms with van der Waals surface area (Å²) in [7, 11) is 0. The number of aryl methyl sites for hydroxylation is 1. The zero-order valence-corrected chi connectivity index (χ0v) is 18.7. The third-order valence-corrected chi connectivity index (χ3v) is 5.76. The lowest BCUT2D eigenvalue weighted by Crippen LogP contribution is -2.37. The molecule has 2 N–H and O–H groups in total. The molecule has 3 rings (SSSR count). The summed E-state index contributed by atoms with van der Waals surface area (Å²) in [5.74, 6) is -1.09. The van der Waals surface area contributed by atoms with Gasteiger partial charge in [0.2, 0.25) is 0 Å². The second-order valence-corrected chi connectivity index (χ2v) is 8.61.